The molecule has 2 fully saturated rings. The highest BCUT2D eigenvalue weighted by Crippen LogP contribution is 2.32. The summed E-state index contributed by atoms with van der Waals surface area (Å²) in [6.45, 7) is -0.225. The molecule has 0 aromatic heterocycles. The first-order valence-electron chi connectivity index (χ1n) is 8.34. The second kappa shape index (κ2) is 7.81. The van der Waals surface area contributed by atoms with Crippen LogP contribution in [-0.2, 0) is 4.79 Å². The fraction of sp³-hybridized carbons (Fsp3) is 0.529. The lowest BCUT2D eigenvalue weighted by Gasteiger charge is -2.40. The number of halogens is 2. The molecule has 3 amide bonds. The summed E-state index contributed by atoms with van der Waals surface area (Å²) in [6.07, 6.45) is 2.58. The van der Waals surface area contributed by atoms with Gasteiger partial charge in [0.1, 0.15) is 23.5 Å². The average Bonchev–Trinajstić information content (AvgIpc) is 2.60. The minimum atomic E-state index is -1.02. The zero-order valence-corrected chi connectivity index (χ0v) is 15.1. The highest BCUT2D eigenvalue weighted by Gasteiger charge is 2.42. The minimum absolute atomic E-state index is 0.0799. The van der Waals surface area contributed by atoms with Crippen molar-refractivity contribution in [2.45, 2.75) is 37.8 Å². The third kappa shape index (κ3) is 4.02. The van der Waals surface area contributed by atoms with Crippen molar-refractivity contribution in [3.8, 4) is 5.75 Å². The number of aliphatic hydroxyl groups is 1. The topological polar surface area (TPSA) is 78.9 Å². The summed E-state index contributed by atoms with van der Waals surface area (Å²) in [6, 6.07) is 4.41. The molecule has 6 nitrogen and oxygen atoms in total. The molecule has 1 saturated carbocycles. The monoisotopic (exact) mass is 386 g/mol. The van der Waals surface area contributed by atoms with E-state index in [1.807, 2.05) is 0 Å². The van der Waals surface area contributed by atoms with Gasteiger partial charge in [0.2, 0.25) is 5.91 Å². The van der Waals surface area contributed by atoms with E-state index >= 15 is 0 Å². The van der Waals surface area contributed by atoms with E-state index < -0.39 is 12.1 Å². The molecule has 3 unspecified atom stereocenters. The number of hydrogen-bond acceptors (Lipinski definition) is 4. The van der Waals surface area contributed by atoms with Crippen LogP contribution in [0.25, 0.3) is 0 Å². The van der Waals surface area contributed by atoms with Crippen molar-refractivity contribution in [3.63, 3.8) is 0 Å². The number of benzene rings is 1. The number of carbonyl (C=O) groups is 2. The summed E-state index contributed by atoms with van der Waals surface area (Å²) >= 11 is 11.9. The molecule has 0 spiro atoms. The quantitative estimate of drug-likeness (QED) is 0.815. The second-order valence-corrected chi connectivity index (χ2v) is 7.20. The highest BCUT2D eigenvalue weighted by atomic mass is 35.5. The van der Waals surface area contributed by atoms with E-state index in [0.717, 1.165) is 30.6 Å². The number of urea groups is 1. The molecule has 8 heteroatoms. The van der Waals surface area contributed by atoms with E-state index in [-0.39, 0.29) is 36.0 Å². The van der Waals surface area contributed by atoms with Crippen molar-refractivity contribution < 1.29 is 19.4 Å². The molecular weight excluding hydrogens is 367 g/mol. The number of rotatable bonds is 5. The average molecular weight is 387 g/mol. The molecule has 25 heavy (non-hydrogen) atoms. The van der Waals surface area contributed by atoms with Gasteiger partial charge in [-0.05, 0) is 25.0 Å². The van der Waals surface area contributed by atoms with Crippen molar-refractivity contribution in [1.82, 2.24) is 10.2 Å². The molecule has 0 radical (unpaired) electrons. The number of amides is 3. The smallest absolute Gasteiger partial charge is 0.324 e. The Morgan fingerprint density at radius 3 is 2.84 bits per heavy atom. The summed E-state index contributed by atoms with van der Waals surface area (Å²) in [5.41, 5.74) is 0. The highest BCUT2D eigenvalue weighted by molar-refractivity contribution is 6.42. The van der Waals surface area contributed by atoms with Crippen LogP contribution in [0.2, 0.25) is 10.0 Å². The van der Waals surface area contributed by atoms with Crippen molar-refractivity contribution in [2.24, 2.45) is 5.92 Å². The zero-order valence-electron chi connectivity index (χ0n) is 13.6. The van der Waals surface area contributed by atoms with Gasteiger partial charge in [0, 0.05) is 6.04 Å². The van der Waals surface area contributed by atoms with Crippen molar-refractivity contribution in [3.05, 3.63) is 28.2 Å². The van der Waals surface area contributed by atoms with Gasteiger partial charge in [0.25, 0.3) is 0 Å². The molecular formula is C17H20Cl2N2O4. The van der Waals surface area contributed by atoms with Gasteiger partial charge in [-0.15, -0.1) is 0 Å². The predicted octanol–water partition coefficient (Wildman–Crippen LogP) is 2.84. The van der Waals surface area contributed by atoms with Gasteiger partial charge in [-0.3, -0.25) is 9.69 Å². The van der Waals surface area contributed by atoms with E-state index in [1.165, 1.54) is 0 Å². The lowest BCUT2D eigenvalue weighted by molar-refractivity contribution is -0.137. The summed E-state index contributed by atoms with van der Waals surface area (Å²) in [7, 11) is 0. The molecule has 1 heterocycles. The molecule has 136 valence electrons. The van der Waals surface area contributed by atoms with Crippen LogP contribution in [0.3, 0.4) is 0 Å². The maximum absolute atomic E-state index is 12.6. The first kappa shape index (κ1) is 18.3. The number of imide groups is 1. The van der Waals surface area contributed by atoms with E-state index in [9.17, 15) is 14.7 Å². The van der Waals surface area contributed by atoms with Gasteiger partial charge < -0.3 is 15.2 Å². The largest absolute Gasteiger partial charge is 0.489 e. The Bertz CT molecular complexity index is 670. The van der Waals surface area contributed by atoms with Crippen LogP contribution in [0, 0.1) is 5.92 Å². The molecule has 2 N–H and O–H groups in total. The van der Waals surface area contributed by atoms with E-state index in [2.05, 4.69) is 5.32 Å². The SMILES string of the molecule is O=C1NC2CCCCC2C(=O)N1CC(O)COc1cccc(Cl)c1Cl. The molecule has 3 atom stereocenters. The fourth-order valence-electron chi connectivity index (χ4n) is 3.35. The number of carbonyl (C=O) groups excluding carboxylic acids is 2. The van der Waals surface area contributed by atoms with Crippen LogP contribution in [-0.4, -0.2) is 47.2 Å². The molecule has 1 aliphatic carbocycles. The number of β-amino-alcohol motifs (C(OH)–C–C–N with tert-alkyl or cyclic N) is 1. The van der Waals surface area contributed by atoms with Crippen LogP contribution in [0.5, 0.6) is 5.75 Å². The van der Waals surface area contributed by atoms with Gasteiger partial charge in [-0.1, -0.05) is 42.1 Å². The fourth-order valence-corrected chi connectivity index (χ4v) is 3.70. The van der Waals surface area contributed by atoms with Crippen molar-refractivity contribution in [1.29, 1.82) is 0 Å². The van der Waals surface area contributed by atoms with Gasteiger partial charge in [-0.2, -0.15) is 0 Å². The number of ether oxygens (including phenoxy) is 1. The molecule has 2 aliphatic rings. The van der Waals surface area contributed by atoms with E-state index in [4.69, 9.17) is 27.9 Å². The molecule has 1 aromatic rings. The third-order valence-corrected chi connectivity index (χ3v) is 5.45. The molecule has 1 aromatic carbocycles. The molecule has 0 bridgehead atoms. The zero-order chi connectivity index (χ0) is 18.0. The number of nitrogens with zero attached hydrogens (tertiary/aromatic N) is 1. The summed E-state index contributed by atoms with van der Waals surface area (Å²) < 4.78 is 5.46. The molecule has 1 saturated heterocycles. The van der Waals surface area contributed by atoms with Gasteiger partial charge in [0.05, 0.1) is 17.5 Å². The Morgan fingerprint density at radius 2 is 2.04 bits per heavy atom. The Labute approximate surface area is 156 Å². The maximum atomic E-state index is 12.6. The first-order chi connectivity index (χ1) is 12.0. The lowest BCUT2D eigenvalue weighted by Crippen LogP contribution is -2.62. The molecule has 1 aliphatic heterocycles. The Hall–Kier alpha value is -1.50. The van der Waals surface area contributed by atoms with Crippen LogP contribution >= 0.6 is 23.2 Å². The van der Waals surface area contributed by atoms with E-state index in [1.54, 1.807) is 18.2 Å². The second-order valence-electron chi connectivity index (χ2n) is 6.41. The number of nitrogens with one attached hydrogen (secondary N) is 1. The predicted molar refractivity (Wildman–Crippen MR) is 94.0 cm³/mol. The minimum Gasteiger partial charge on any atom is -0.489 e. The summed E-state index contributed by atoms with van der Waals surface area (Å²) in [5, 5.41) is 13.7. The lowest BCUT2D eigenvalue weighted by atomic mass is 9.82. The van der Waals surface area contributed by atoms with Gasteiger partial charge >= 0.3 is 6.03 Å². The Kier molecular flexibility index (Phi) is 5.71. The Balaban J connectivity index is 1.58. The van der Waals surface area contributed by atoms with Crippen LogP contribution < -0.4 is 10.1 Å². The first-order valence-corrected chi connectivity index (χ1v) is 9.09. The van der Waals surface area contributed by atoms with Gasteiger partial charge in [-0.25, -0.2) is 4.79 Å². The Morgan fingerprint density at radius 1 is 1.28 bits per heavy atom. The van der Waals surface area contributed by atoms with Crippen molar-refractivity contribution >= 4 is 35.1 Å². The van der Waals surface area contributed by atoms with Gasteiger partial charge in [0.15, 0.2) is 0 Å². The standard InChI is InChI=1S/C17H20Cl2N2O4/c18-12-5-3-7-14(15(12)19)25-9-10(22)8-21-16(23)11-4-1-2-6-13(11)20-17(21)24/h3,5,7,10-11,13,22H,1-2,4,6,8-9H2,(H,20,24). The number of hydrogen-bond donors (Lipinski definition) is 2. The van der Waals surface area contributed by atoms with Crippen LogP contribution in [0.15, 0.2) is 18.2 Å². The number of fused-ring (bicyclic) bond motifs is 1. The summed E-state index contributed by atoms with van der Waals surface area (Å²) in [5.74, 6) is -0.0646. The maximum Gasteiger partial charge on any atom is 0.324 e. The van der Waals surface area contributed by atoms with E-state index in [0.29, 0.717) is 10.8 Å². The van der Waals surface area contributed by atoms with Crippen LogP contribution in [0.4, 0.5) is 4.79 Å². The third-order valence-electron chi connectivity index (χ3n) is 4.64. The van der Waals surface area contributed by atoms with Crippen molar-refractivity contribution in [2.75, 3.05) is 13.2 Å². The normalized spacial score (nSPS) is 24.5. The molecule has 3 rings (SSSR count). The number of aliphatic hydroxyl groups excluding tert-OH is 1. The van der Waals surface area contributed by atoms with Crippen LogP contribution in [0.1, 0.15) is 25.7 Å². The summed E-state index contributed by atoms with van der Waals surface area (Å²) in [4.78, 5) is 25.8.